The van der Waals surface area contributed by atoms with Crippen LogP contribution >= 0.6 is 11.6 Å². The van der Waals surface area contributed by atoms with Crippen molar-refractivity contribution in [2.75, 3.05) is 18.0 Å². The Morgan fingerprint density at radius 2 is 1.65 bits per heavy atom. The van der Waals surface area contributed by atoms with Crippen LogP contribution in [0.15, 0.2) is 46.2 Å². The van der Waals surface area contributed by atoms with Gasteiger partial charge in [-0.2, -0.15) is 0 Å². The number of nitro groups is 1. The van der Waals surface area contributed by atoms with Gasteiger partial charge in [0.2, 0.25) is 9.84 Å². The number of hydrogen-bond acceptors (Lipinski definition) is 5. The molecule has 0 atom stereocenters. The van der Waals surface area contributed by atoms with Gasteiger partial charge in [0.05, 0.1) is 14.7 Å². The first-order valence-electron chi connectivity index (χ1n) is 8.35. The minimum Gasteiger partial charge on any atom is -0.366 e. The van der Waals surface area contributed by atoms with Crippen molar-refractivity contribution in [2.45, 2.75) is 36.0 Å². The molecule has 2 aromatic carbocycles. The summed E-state index contributed by atoms with van der Waals surface area (Å²) < 4.78 is 26.0. The van der Waals surface area contributed by atoms with Gasteiger partial charge in [0, 0.05) is 24.2 Å². The molecule has 26 heavy (non-hydrogen) atoms. The lowest BCUT2D eigenvalue weighted by Crippen LogP contribution is -2.30. The molecule has 0 bridgehead atoms. The van der Waals surface area contributed by atoms with Crippen molar-refractivity contribution in [3.8, 4) is 0 Å². The molecule has 0 amide bonds. The summed E-state index contributed by atoms with van der Waals surface area (Å²) in [6.45, 7) is 3.10. The van der Waals surface area contributed by atoms with E-state index >= 15 is 0 Å². The van der Waals surface area contributed by atoms with Crippen molar-refractivity contribution in [1.82, 2.24) is 0 Å². The van der Waals surface area contributed by atoms with Crippen LogP contribution in [-0.2, 0) is 9.84 Å². The lowest BCUT2D eigenvalue weighted by atomic mass is 10.1. The first-order valence-corrected chi connectivity index (χ1v) is 10.2. The Hall–Kier alpha value is -2.12. The second-order valence-corrected chi connectivity index (χ2v) is 8.73. The van der Waals surface area contributed by atoms with Gasteiger partial charge in [-0.25, -0.2) is 8.42 Å². The van der Waals surface area contributed by atoms with Crippen molar-refractivity contribution >= 4 is 32.8 Å². The van der Waals surface area contributed by atoms with E-state index in [1.165, 1.54) is 30.3 Å². The van der Waals surface area contributed by atoms with Crippen molar-refractivity contribution in [3.05, 3.63) is 57.1 Å². The summed E-state index contributed by atoms with van der Waals surface area (Å²) in [4.78, 5) is 13.0. The van der Waals surface area contributed by atoms with Gasteiger partial charge in [-0.15, -0.1) is 0 Å². The third-order valence-corrected chi connectivity index (χ3v) is 6.76. The molecule has 6 nitrogen and oxygen atoms in total. The number of hydrogen-bond donors (Lipinski definition) is 0. The molecular formula is C18H19ClN2O4S. The SMILES string of the molecule is Cc1cc(S(=O)(=O)c2ccc([N+](=O)[O-])c(N3CCCCC3)c2)ccc1Cl. The number of rotatable bonds is 4. The zero-order valence-electron chi connectivity index (χ0n) is 14.3. The number of piperidine rings is 1. The van der Waals surface area contributed by atoms with Crippen LogP contribution in [0.25, 0.3) is 0 Å². The van der Waals surface area contributed by atoms with E-state index in [4.69, 9.17) is 11.6 Å². The molecule has 1 fully saturated rings. The quantitative estimate of drug-likeness (QED) is 0.567. The summed E-state index contributed by atoms with van der Waals surface area (Å²) in [5.74, 6) is 0. The van der Waals surface area contributed by atoms with E-state index in [1.54, 1.807) is 13.0 Å². The molecular weight excluding hydrogens is 376 g/mol. The van der Waals surface area contributed by atoms with E-state index < -0.39 is 14.8 Å². The van der Waals surface area contributed by atoms with Crippen LogP contribution < -0.4 is 4.90 Å². The first-order chi connectivity index (χ1) is 12.3. The highest BCUT2D eigenvalue weighted by molar-refractivity contribution is 7.91. The zero-order valence-corrected chi connectivity index (χ0v) is 15.9. The molecule has 3 rings (SSSR count). The van der Waals surface area contributed by atoms with Gasteiger partial charge in [0.25, 0.3) is 5.69 Å². The number of anilines is 1. The Balaban J connectivity index is 2.09. The number of sulfone groups is 1. The molecule has 0 aromatic heterocycles. The highest BCUT2D eigenvalue weighted by Gasteiger charge is 2.26. The molecule has 0 unspecified atom stereocenters. The first kappa shape index (κ1) is 18.7. The molecule has 1 saturated heterocycles. The van der Waals surface area contributed by atoms with Crippen molar-refractivity contribution < 1.29 is 13.3 Å². The highest BCUT2D eigenvalue weighted by Crippen LogP contribution is 2.34. The molecule has 8 heteroatoms. The second-order valence-electron chi connectivity index (χ2n) is 6.37. The Morgan fingerprint density at radius 3 is 2.27 bits per heavy atom. The van der Waals surface area contributed by atoms with Gasteiger partial charge in [0.15, 0.2) is 0 Å². The molecule has 0 saturated carbocycles. The van der Waals surface area contributed by atoms with E-state index in [9.17, 15) is 18.5 Å². The molecule has 2 aromatic rings. The maximum atomic E-state index is 13.0. The molecule has 1 heterocycles. The van der Waals surface area contributed by atoms with Gasteiger partial charge in [-0.05, 0) is 62.1 Å². The van der Waals surface area contributed by atoms with E-state index in [0.717, 1.165) is 19.3 Å². The average Bonchev–Trinajstić information content (AvgIpc) is 2.64. The van der Waals surface area contributed by atoms with Crippen LogP contribution in [0.5, 0.6) is 0 Å². The summed E-state index contributed by atoms with van der Waals surface area (Å²) in [5.41, 5.74) is 0.950. The van der Waals surface area contributed by atoms with Gasteiger partial charge < -0.3 is 4.90 Å². The minimum absolute atomic E-state index is 0.0467. The molecule has 1 aliphatic heterocycles. The van der Waals surface area contributed by atoms with Crippen molar-refractivity contribution in [3.63, 3.8) is 0 Å². The molecule has 0 spiro atoms. The third kappa shape index (κ3) is 3.54. The predicted octanol–water partition coefficient (Wildman–Crippen LogP) is 4.38. The third-order valence-electron chi connectivity index (χ3n) is 4.59. The monoisotopic (exact) mass is 394 g/mol. The summed E-state index contributed by atoms with van der Waals surface area (Å²) in [7, 11) is -3.79. The number of halogens is 1. The van der Waals surface area contributed by atoms with Crippen LogP contribution in [0.1, 0.15) is 24.8 Å². The van der Waals surface area contributed by atoms with Crippen molar-refractivity contribution in [2.24, 2.45) is 0 Å². The van der Waals surface area contributed by atoms with E-state index in [-0.39, 0.29) is 15.5 Å². The Labute approximate surface area is 157 Å². The fourth-order valence-electron chi connectivity index (χ4n) is 3.13. The fourth-order valence-corrected chi connectivity index (χ4v) is 4.62. The number of aryl methyl sites for hydroxylation is 1. The number of nitro benzene ring substituents is 1. The van der Waals surface area contributed by atoms with E-state index in [1.807, 2.05) is 4.90 Å². The van der Waals surface area contributed by atoms with Gasteiger partial charge in [-0.3, -0.25) is 10.1 Å². The maximum Gasteiger partial charge on any atom is 0.292 e. The lowest BCUT2D eigenvalue weighted by molar-refractivity contribution is -0.384. The summed E-state index contributed by atoms with van der Waals surface area (Å²) in [6, 6.07) is 8.50. The smallest absolute Gasteiger partial charge is 0.292 e. The Bertz CT molecular complexity index is 954. The number of benzene rings is 2. The normalized spacial score (nSPS) is 15.1. The van der Waals surface area contributed by atoms with E-state index in [2.05, 4.69) is 0 Å². The van der Waals surface area contributed by atoms with Crippen LogP contribution in [0.2, 0.25) is 5.02 Å². The number of nitrogens with zero attached hydrogens (tertiary/aromatic N) is 2. The zero-order chi connectivity index (χ0) is 18.9. The summed E-state index contributed by atoms with van der Waals surface area (Å²) in [6.07, 6.45) is 2.95. The largest absolute Gasteiger partial charge is 0.366 e. The average molecular weight is 395 g/mol. The van der Waals surface area contributed by atoms with Crippen molar-refractivity contribution in [1.29, 1.82) is 0 Å². The minimum atomic E-state index is -3.79. The molecule has 0 N–H and O–H groups in total. The van der Waals surface area contributed by atoms with Gasteiger partial charge in [0.1, 0.15) is 5.69 Å². The lowest BCUT2D eigenvalue weighted by Gasteiger charge is -2.28. The summed E-state index contributed by atoms with van der Waals surface area (Å²) >= 11 is 5.98. The molecule has 0 radical (unpaired) electrons. The topological polar surface area (TPSA) is 80.5 Å². The standard InChI is InChI=1S/C18H19ClN2O4S/c1-13-11-14(5-7-16(13)19)26(24,25)15-6-8-17(21(22)23)18(12-15)20-9-3-2-4-10-20/h5-8,11-12H,2-4,9-10H2,1H3. The predicted molar refractivity (Wildman–Crippen MR) is 101 cm³/mol. The van der Waals surface area contributed by atoms with Crippen LogP contribution in [0.4, 0.5) is 11.4 Å². The van der Waals surface area contributed by atoms with Crippen LogP contribution in [0.3, 0.4) is 0 Å². The highest BCUT2D eigenvalue weighted by atomic mass is 35.5. The van der Waals surface area contributed by atoms with E-state index in [0.29, 0.717) is 29.4 Å². The molecule has 138 valence electrons. The Morgan fingerprint density at radius 1 is 1.04 bits per heavy atom. The summed E-state index contributed by atoms with van der Waals surface area (Å²) in [5, 5.41) is 11.9. The maximum absolute atomic E-state index is 13.0. The van der Waals surface area contributed by atoms with Gasteiger partial charge >= 0.3 is 0 Å². The van der Waals surface area contributed by atoms with Crippen LogP contribution in [0, 0.1) is 17.0 Å². The van der Waals surface area contributed by atoms with Gasteiger partial charge in [-0.1, -0.05) is 11.6 Å². The molecule has 1 aliphatic rings. The fraction of sp³-hybridized carbons (Fsp3) is 0.333. The van der Waals surface area contributed by atoms with Crippen LogP contribution in [-0.4, -0.2) is 26.4 Å². The molecule has 0 aliphatic carbocycles. The second kappa shape index (κ2) is 7.25. The Kier molecular flexibility index (Phi) is 5.20.